The third-order valence-corrected chi connectivity index (χ3v) is 14.3. The van der Waals surface area contributed by atoms with Crippen LogP contribution in [-0.2, 0) is 6.54 Å². The molecule has 0 bridgehead atoms. The number of piperidine rings is 2. The molecule has 0 radical (unpaired) electrons. The molecule has 3 saturated heterocycles. The molecule has 3 aliphatic heterocycles. The summed E-state index contributed by atoms with van der Waals surface area (Å²) in [6.07, 6.45) is 9.51. The van der Waals surface area contributed by atoms with Crippen LogP contribution in [0.5, 0.6) is 17.2 Å². The number of aromatic nitrogens is 2. The zero-order valence-electron chi connectivity index (χ0n) is 40.7. The summed E-state index contributed by atoms with van der Waals surface area (Å²) >= 11 is 0. The Morgan fingerprint density at radius 3 is 2.32 bits per heavy atom. The number of para-hydroxylation sites is 1. The second kappa shape index (κ2) is 20.7. The number of likely N-dealkylation sites (tertiary alicyclic amines) is 2. The molecule has 1 spiro atoms. The molecule has 3 fully saturated rings. The molecule has 0 unspecified atom stereocenters. The van der Waals surface area contributed by atoms with Crippen molar-refractivity contribution in [1.29, 1.82) is 10.8 Å². The van der Waals surface area contributed by atoms with Crippen LogP contribution in [-0.4, -0.2) is 109 Å². The molecule has 8 rings (SSSR count). The van der Waals surface area contributed by atoms with E-state index in [0.717, 1.165) is 86.3 Å². The molecule has 0 amide bonds. The van der Waals surface area contributed by atoms with Crippen molar-refractivity contribution >= 4 is 52.4 Å². The Labute approximate surface area is 402 Å². The van der Waals surface area contributed by atoms with E-state index in [4.69, 9.17) is 25.5 Å². The second-order valence-corrected chi connectivity index (χ2v) is 19.3. The van der Waals surface area contributed by atoms with Crippen molar-refractivity contribution in [2.45, 2.75) is 65.8 Å². The summed E-state index contributed by atoms with van der Waals surface area (Å²) in [4.78, 5) is 22.9. The largest absolute Gasteiger partial charge is 0.508 e. The lowest BCUT2D eigenvalue weighted by Crippen LogP contribution is -2.60. The number of phenolic OH excluding ortho intramolecular Hbond substituents is 2. The van der Waals surface area contributed by atoms with Gasteiger partial charge in [0.2, 0.25) is 5.95 Å². The fourth-order valence-electron chi connectivity index (χ4n) is 10.2. The van der Waals surface area contributed by atoms with Crippen molar-refractivity contribution in [3.05, 3.63) is 120 Å². The van der Waals surface area contributed by atoms with E-state index in [-0.39, 0.29) is 28.8 Å². The van der Waals surface area contributed by atoms with Crippen molar-refractivity contribution in [2.24, 2.45) is 11.3 Å². The van der Waals surface area contributed by atoms with Gasteiger partial charge in [0.1, 0.15) is 28.8 Å². The Balaban J connectivity index is 0.802. The van der Waals surface area contributed by atoms with Crippen LogP contribution >= 0.6 is 0 Å². The molecule has 14 nitrogen and oxygen atoms in total. The first-order valence-corrected chi connectivity index (χ1v) is 24.1. The molecule has 358 valence electrons. The van der Waals surface area contributed by atoms with Gasteiger partial charge in [-0.25, -0.2) is 4.98 Å². The lowest BCUT2D eigenvalue weighted by Gasteiger charge is -2.54. The summed E-state index contributed by atoms with van der Waals surface area (Å²) in [6, 6.07) is 25.6. The van der Waals surface area contributed by atoms with Crippen LogP contribution in [0.3, 0.4) is 0 Å². The molecular formula is C54H69N11O3. The maximum Gasteiger partial charge on any atom is 0.229 e. The Hall–Kier alpha value is -6.64. The monoisotopic (exact) mass is 920 g/mol. The normalized spacial score (nSPS) is 16.3. The predicted molar refractivity (Wildman–Crippen MR) is 277 cm³/mol. The molecule has 0 aliphatic carbocycles. The number of aromatic hydroxyl groups is 2. The van der Waals surface area contributed by atoms with Crippen LogP contribution in [0.4, 0.5) is 40.2 Å². The van der Waals surface area contributed by atoms with Crippen molar-refractivity contribution < 1.29 is 14.9 Å². The first kappa shape index (κ1) is 47.8. The number of anilines is 7. The topological polar surface area (TPSA) is 155 Å². The van der Waals surface area contributed by atoms with Gasteiger partial charge in [0.25, 0.3) is 0 Å². The van der Waals surface area contributed by atoms with Crippen LogP contribution in [0, 0.1) is 29.1 Å². The molecule has 68 heavy (non-hydrogen) atoms. The highest BCUT2D eigenvalue weighted by Crippen LogP contribution is 2.42. The number of hydrogen-bond acceptors (Lipinski definition) is 13. The predicted octanol–water partition coefficient (Wildman–Crippen LogP) is 10.1. The lowest BCUT2D eigenvalue weighted by atomic mass is 9.71. The van der Waals surface area contributed by atoms with E-state index in [1.165, 1.54) is 54.4 Å². The molecule has 1 aromatic heterocycles. The number of hydrogen-bond donors (Lipinski definition) is 5. The van der Waals surface area contributed by atoms with Gasteiger partial charge >= 0.3 is 0 Å². The van der Waals surface area contributed by atoms with Crippen molar-refractivity contribution in [3.8, 4) is 17.2 Å². The van der Waals surface area contributed by atoms with Gasteiger partial charge in [0.15, 0.2) is 5.82 Å². The Morgan fingerprint density at radius 1 is 0.941 bits per heavy atom. The number of nitrogens with one attached hydrogen (secondary N) is 3. The van der Waals surface area contributed by atoms with Crippen molar-refractivity contribution in [3.63, 3.8) is 0 Å². The van der Waals surface area contributed by atoms with E-state index in [9.17, 15) is 10.2 Å². The third kappa shape index (κ3) is 10.4. The van der Waals surface area contributed by atoms with Gasteiger partial charge in [-0.1, -0.05) is 50.8 Å². The Morgan fingerprint density at radius 2 is 1.66 bits per heavy atom. The van der Waals surface area contributed by atoms with E-state index >= 15 is 0 Å². The van der Waals surface area contributed by atoms with Crippen LogP contribution < -0.4 is 29.7 Å². The average Bonchev–Trinajstić information content (AvgIpc) is 3.33. The number of amidine groups is 1. The molecule has 4 heterocycles. The van der Waals surface area contributed by atoms with Gasteiger partial charge in [0, 0.05) is 82.6 Å². The SMILES string of the molecule is C=CN(C)c1cnc(Nc2ccc(N3CCC(CN4CCC5(CC4)CN(Cc4ccc(N(C=N)C(=N)c6cc(C(C)C)c(O)cc6O)cc4)C5)CC3)cc2OCC)nc1N(C)c1ccccc1C. The highest BCUT2D eigenvalue weighted by Gasteiger charge is 2.44. The van der Waals surface area contributed by atoms with Crippen molar-refractivity contribution in [1.82, 2.24) is 19.8 Å². The number of ether oxygens (including phenoxy) is 1. The highest BCUT2D eigenvalue weighted by molar-refractivity contribution is 6.18. The molecule has 0 saturated carbocycles. The molecule has 14 heteroatoms. The number of nitrogens with zero attached hydrogens (tertiary/aromatic N) is 8. The first-order chi connectivity index (χ1) is 32.8. The highest BCUT2D eigenvalue weighted by atomic mass is 16.5. The zero-order chi connectivity index (χ0) is 48.1. The van der Waals surface area contributed by atoms with Gasteiger partial charge in [0.05, 0.1) is 30.4 Å². The van der Waals surface area contributed by atoms with E-state index < -0.39 is 0 Å². The van der Waals surface area contributed by atoms with Crippen molar-refractivity contribution in [2.75, 3.05) is 91.4 Å². The molecule has 5 aromatic rings. The number of rotatable bonds is 17. The molecule has 0 atom stereocenters. The standard InChI is InChI=1S/C54H69N11O3/c1-8-60(6)47-31-57-53(59-52(47)61(7)46-13-11-10-12-38(46)5)58-45-19-18-42(28-50(45)68-9-2)64-24-20-40(21-25-64)32-62-26-22-54(23-27-62)34-63(35-54)33-39-14-16-41(17-15-39)65(36-55)51(56)44-29-43(37(3)4)48(66)30-49(44)67/h8,10-19,28-31,36-37,40,55-56,66-67H,1,9,20-27,32-35H2,2-7H3,(H,57,58,59). The maximum atomic E-state index is 10.6. The minimum Gasteiger partial charge on any atom is -0.508 e. The van der Waals surface area contributed by atoms with E-state index in [0.29, 0.717) is 35.1 Å². The van der Waals surface area contributed by atoms with Gasteiger partial charge in [-0.3, -0.25) is 20.6 Å². The zero-order valence-corrected chi connectivity index (χ0v) is 40.7. The van der Waals surface area contributed by atoms with Gasteiger partial charge in [-0.15, -0.1) is 0 Å². The summed E-state index contributed by atoms with van der Waals surface area (Å²) in [6.45, 7) is 21.2. The van der Waals surface area contributed by atoms with Crippen LogP contribution in [0.1, 0.15) is 74.6 Å². The molecular weight excluding hydrogens is 851 g/mol. The van der Waals surface area contributed by atoms with Gasteiger partial charge < -0.3 is 39.9 Å². The first-order valence-electron chi connectivity index (χ1n) is 24.1. The summed E-state index contributed by atoms with van der Waals surface area (Å²) < 4.78 is 6.21. The average molecular weight is 920 g/mol. The van der Waals surface area contributed by atoms with E-state index in [1.54, 1.807) is 12.3 Å². The number of aryl methyl sites for hydroxylation is 1. The van der Waals surface area contributed by atoms with Crippen LogP contribution in [0.2, 0.25) is 0 Å². The van der Waals surface area contributed by atoms with Crippen LogP contribution in [0.25, 0.3) is 0 Å². The third-order valence-electron chi connectivity index (χ3n) is 14.3. The summed E-state index contributed by atoms with van der Waals surface area (Å²) in [5.74, 6) is 2.53. The van der Waals surface area contributed by atoms with Gasteiger partial charge in [-0.05, 0) is 129 Å². The van der Waals surface area contributed by atoms with Crippen LogP contribution in [0.15, 0.2) is 97.8 Å². The minimum absolute atomic E-state index is 0.00175. The minimum atomic E-state index is -0.186. The Kier molecular flexibility index (Phi) is 14.6. The van der Waals surface area contributed by atoms with E-state index in [1.807, 2.05) is 70.2 Å². The Bertz CT molecular complexity index is 2580. The number of phenols is 2. The summed E-state index contributed by atoms with van der Waals surface area (Å²) in [7, 11) is 3.97. The summed E-state index contributed by atoms with van der Waals surface area (Å²) in [5, 5.41) is 41.2. The number of benzene rings is 4. The molecule has 5 N–H and O–H groups in total. The lowest BCUT2D eigenvalue weighted by molar-refractivity contribution is -0.0533. The van der Waals surface area contributed by atoms with Gasteiger partial charge in [-0.2, -0.15) is 4.98 Å². The second-order valence-electron chi connectivity index (χ2n) is 19.3. The van der Waals surface area contributed by atoms with E-state index in [2.05, 4.69) is 80.9 Å². The quantitative estimate of drug-likeness (QED) is 0.0446. The molecule has 4 aromatic carbocycles. The smallest absolute Gasteiger partial charge is 0.229 e. The maximum absolute atomic E-state index is 10.6. The fraction of sp³-hybridized carbons (Fsp3) is 0.407. The fourth-order valence-corrected chi connectivity index (χ4v) is 10.2. The summed E-state index contributed by atoms with van der Waals surface area (Å²) in [5.41, 5.74) is 8.26. The molecule has 3 aliphatic rings.